The van der Waals surface area contributed by atoms with Crippen molar-refractivity contribution in [3.8, 4) is 0 Å². The highest BCUT2D eigenvalue weighted by Crippen LogP contribution is 2.26. The second-order valence-corrected chi connectivity index (χ2v) is 5.46. The molecular weight excluding hydrogens is 240 g/mol. The van der Waals surface area contributed by atoms with Crippen LogP contribution in [0.3, 0.4) is 0 Å². The molecule has 0 spiro atoms. The van der Waals surface area contributed by atoms with Gasteiger partial charge in [0, 0.05) is 18.3 Å². The van der Waals surface area contributed by atoms with Gasteiger partial charge in [0.05, 0.1) is 7.11 Å². The standard InChI is InChI=1S/C15H24N2O2/c1-11(12-6-4-3-5-7-12)16-10-13-8-9-14(17-13)15(18)19-2/h8-9,11-12,16-17H,3-7,10H2,1-2H3/t11-/m1/s1. The van der Waals surface area contributed by atoms with Gasteiger partial charge in [0.1, 0.15) is 5.69 Å². The third-order valence-corrected chi connectivity index (χ3v) is 4.12. The highest BCUT2D eigenvalue weighted by Gasteiger charge is 2.19. The first-order valence-electron chi connectivity index (χ1n) is 7.20. The minimum Gasteiger partial charge on any atom is -0.464 e. The van der Waals surface area contributed by atoms with Gasteiger partial charge in [-0.05, 0) is 37.8 Å². The number of hydrogen-bond donors (Lipinski definition) is 2. The summed E-state index contributed by atoms with van der Waals surface area (Å²) in [6.45, 7) is 3.04. The molecular formula is C15H24N2O2. The second kappa shape index (κ2) is 6.75. The fraction of sp³-hybridized carbons (Fsp3) is 0.667. The van der Waals surface area contributed by atoms with Gasteiger partial charge in [-0.25, -0.2) is 4.79 Å². The molecule has 1 aliphatic rings. The first-order valence-corrected chi connectivity index (χ1v) is 7.20. The van der Waals surface area contributed by atoms with E-state index in [-0.39, 0.29) is 5.97 Å². The van der Waals surface area contributed by atoms with E-state index in [9.17, 15) is 4.79 Å². The predicted octanol–water partition coefficient (Wildman–Crippen LogP) is 2.86. The van der Waals surface area contributed by atoms with Crippen molar-refractivity contribution in [2.75, 3.05) is 7.11 Å². The van der Waals surface area contributed by atoms with Crippen molar-refractivity contribution in [3.63, 3.8) is 0 Å². The maximum Gasteiger partial charge on any atom is 0.354 e. The van der Waals surface area contributed by atoms with E-state index in [2.05, 4.69) is 22.0 Å². The molecule has 1 aromatic rings. The quantitative estimate of drug-likeness (QED) is 0.804. The lowest BCUT2D eigenvalue weighted by atomic mass is 9.84. The van der Waals surface area contributed by atoms with Crippen molar-refractivity contribution >= 4 is 5.97 Å². The summed E-state index contributed by atoms with van der Waals surface area (Å²) in [7, 11) is 1.40. The maximum atomic E-state index is 11.3. The van der Waals surface area contributed by atoms with Crippen molar-refractivity contribution in [3.05, 3.63) is 23.5 Å². The van der Waals surface area contributed by atoms with Crippen LogP contribution in [0, 0.1) is 5.92 Å². The SMILES string of the molecule is COC(=O)c1ccc(CN[C@H](C)C2CCCCC2)[nH]1. The Morgan fingerprint density at radius 2 is 2.16 bits per heavy atom. The van der Waals surface area contributed by atoms with Crippen LogP contribution in [0.15, 0.2) is 12.1 Å². The summed E-state index contributed by atoms with van der Waals surface area (Å²) in [6, 6.07) is 4.24. The van der Waals surface area contributed by atoms with E-state index in [1.165, 1.54) is 39.2 Å². The van der Waals surface area contributed by atoms with Crippen molar-refractivity contribution in [2.24, 2.45) is 5.92 Å². The topological polar surface area (TPSA) is 54.1 Å². The van der Waals surface area contributed by atoms with Gasteiger partial charge >= 0.3 is 5.97 Å². The highest BCUT2D eigenvalue weighted by atomic mass is 16.5. The zero-order valence-electron chi connectivity index (χ0n) is 11.9. The third-order valence-electron chi connectivity index (χ3n) is 4.12. The van der Waals surface area contributed by atoms with Gasteiger partial charge in [-0.1, -0.05) is 19.3 Å². The zero-order valence-corrected chi connectivity index (χ0v) is 11.9. The number of carbonyl (C=O) groups excluding carboxylic acids is 1. The van der Waals surface area contributed by atoms with E-state index in [0.717, 1.165) is 18.2 Å². The normalized spacial score (nSPS) is 18.2. The first kappa shape index (κ1) is 14.1. The summed E-state index contributed by atoms with van der Waals surface area (Å²) in [5.41, 5.74) is 1.55. The van der Waals surface area contributed by atoms with Gasteiger partial charge in [-0.3, -0.25) is 0 Å². The van der Waals surface area contributed by atoms with Crippen LogP contribution in [0.25, 0.3) is 0 Å². The fourth-order valence-electron chi connectivity index (χ4n) is 2.84. The monoisotopic (exact) mass is 264 g/mol. The Balaban J connectivity index is 1.81. The molecule has 0 unspecified atom stereocenters. The summed E-state index contributed by atoms with van der Waals surface area (Å²) in [6.07, 6.45) is 6.80. The number of H-pyrrole nitrogens is 1. The minimum atomic E-state index is -0.313. The number of hydrogen-bond acceptors (Lipinski definition) is 3. The minimum absolute atomic E-state index is 0.313. The average molecular weight is 264 g/mol. The molecule has 106 valence electrons. The van der Waals surface area contributed by atoms with Crippen LogP contribution in [0.2, 0.25) is 0 Å². The van der Waals surface area contributed by atoms with Crippen LogP contribution < -0.4 is 5.32 Å². The van der Waals surface area contributed by atoms with Crippen LogP contribution in [-0.2, 0) is 11.3 Å². The molecule has 1 aliphatic carbocycles. The Bertz CT molecular complexity index is 408. The van der Waals surface area contributed by atoms with Crippen molar-refractivity contribution in [1.82, 2.24) is 10.3 Å². The molecule has 1 saturated carbocycles. The Kier molecular flexibility index (Phi) is 5.02. The molecule has 19 heavy (non-hydrogen) atoms. The predicted molar refractivity (Wildman–Crippen MR) is 75.0 cm³/mol. The van der Waals surface area contributed by atoms with E-state index in [1.807, 2.05) is 6.07 Å². The average Bonchev–Trinajstić information content (AvgIpc) is 2.93. The molecule has 1 heterocycles. The molecule has 0 bridgehead atoms. The Morgan fingerprint density at radius 1 is 1.42 bits per heavy atom. The van der Waals surface area contributed by atoms with Crippen LogP contribution in [0.1, 0.15) is 55.2 Å². The van der Waals surface area contributed by atoms with Gasteiger partial charge in [-0.15, -0.1) is 0 Å². The van der Waals surface area contributed by atoms with Gasteiger partial charge in [0.25, 0.3) is 0 Å². The molecule has 4 heteroatoms. The Morgan fingerprint density at radius 3 is 2.84 bits per heavy atom. The molecule has 2 rings (SSSR count). The summed E-state index contributed by atoms with van der Waals surface area (Å²) < 4.78 is 4.68. The fourth-order valence-corrected chi connectivity index (χ4v) is 2.84. The molecule has 2 N–H and O–H groups in total. The van der Waals surface area contributed by atoms with E-state index in [4.69, 9.17) is 0 Å². The molecule has 1 fully saturated rings. The van der Waals surface area contributed by atoms with E-state index < -0.39 is 0 Å². The highest BCUT2D eigenvalue weighted by molar-refractivity contribution is 5.87. The summed E-state index contributed by atoms with van der Waals surface area (Å²) in [5, 5.41) is 3.56. The number of ether oxygens (including phenoxy) is 1. The third kappa shape index (κ3) is 3.83. The Labute approximate surface area is 114 Å². The van der Waals surface area contributed by atoms with Gasteiger partial charge in [-0.2, -0.15) is 0 Å². The molecule has 4 nitrogen and oxygen atoms in total. The number of methoxy groups -OCH3 is 1. The van der Waals surface area contributed by atoms with Crippen LogP contribution >= 0.6 is 0 Å². The smallest absolute Gasteiger partial charge is 0.354 e. The molecule has 0 amide bonds. The van der Waals surface area contributed by atoms with E-state index >= 15 is 0 Å². The van der Waals surface area contributed by atoms with Crippen molar-refractivity contribution in [2.45, 2.75) is 51.6 Å². The zero-order chi connectivity index (χ0) is 13.7. The van der Waals surface area contributed by atoms with Crippen molar-refractivity contribution in [1.29, 1.82) is 0 Å². The van der Waals surface area contributed by atoms with Crippen LogP contribution in [0.4, 0.5) is 0 Å². The number of esters is 1. The van der Waals surface area contributed by atoms with Crippen molar-refractivity contribution < 1.29 is 9.53 Å². The molecule has 1 atom stereocenters. The molecule has 0 saturated heterocycles. The lowest BCUT2D eigenvalue weighted by molar-refractivity contribution is 0.0594. The number of aromatic amines is 1. The molecule has 0 radical (unpaired) electrons. The molecule has 1 aromatic heterocycles. The lowest BCUT2D eigenvalue weighted by Crippen LogP contribution is -2.34. The lowest BCUT2D eigenvalue weighted by Gasteiger charge is -2.28. The largest absolute Gasteiger partial charge is 0.464 e. The molecule has 0 aliphatic heterocycles. The summed E-state index contributed by atoms with van der Waals surface area (Å²) in [5.74, 6) is 0.482. The van der Waals surface area contributed by atoms with E-state index in [1.54, 1.807) is 6.07 Å². The Hall–Kier alpha value is -1.29. The van der Waals surface area contributed by atoms with Gasteiger partial charge in [0.15, 0.2) is 0 Å². The number of carbonyl (C=O) groups is 1. The second-order valence-electron chi connectivity index (χ2n) is 5.46. The number of nitrogens with one attached hydrogen (secondary N) is 2. The molecule has 0 aromatic carbocycles. The maximum absolute atomic E-state index is 11.3. The first-order chi connectivity index (χ1) is 9.20. The van der Waals surface area contributed by atoms with Gasteiger partial charge < -0.3 is 15.0 Å². The van der Waals surface area contributed by atoms with Crippen LogP contribution in [-0.4, -0.2) is 24.1 Å². The van der Waals surface area contributed by atoms with Gasteiger partial charge in [0.2, 0.25) is 0 Å². The summed E-state index contributed by atoms with van der Waals surface area (Å²) >= 11 is 0. The number of rotatable bonds is 5. The number of aromatic nitrogens is 1. The summed E-state index contributed by atoms with van der Waals surface area (Å²) in [4.78, 5) is 14.4. The van der Waals surface area contributed by atoms with E-state index in [0.29, 0.717) is 11.7 Å². The van der Waals surface area contributed by atoms with Crippen LogP contribution in [0.5, 0.6) is 0 Å².